The van der Waals surface area contributed by atoms with E-state index in [4.69, 9.17) is 9.84 Å². The minimum atomic E-state index is -3.58. The first-order valence-corrected chi connectivity index (χ1v) is 7.26. The van der Waals surface area contributed by atoms with Gasteiger partial charge in [-0.1, -0.05) is 0 Å². The van der Waals surface area contributed by atoms with Gasteiger partial charge in [-0.15, -0.1) is 0 Å². The van der Waals surface area contributed by atoms with Crippen molar-refractivity contribution in [1.82, 2.24) is 4.72 Å². The van der Waals surface area contributed by atoms with Crippen LogP contribution in [0.2, 0.25) is 0 Å². The Morgan fingerprint density at radius 2 is 2.11 bits per heavy atom. The lowest BCUT2D eigenvalue weighted by Crippen LogP contribution is -2.30. The van der Waals surface area contributed by atoms with Crippen LogP contribution in [-0.2, 0) is 10.0 Å². The van der Waals surface area contributed by atoms with Gasteiger partial charge in [-0.25, -0.2) is 13.1 Å². The quantitative estimate of drug-likeness (QED) is 0.812. The van der Waals surface area contributed by atoms with Crippen molar-refractivity contribution in [2.75, 3.05) is 13.2 Å². The Balaban J connectivity index is 2.93. The molecule has 1 atom stereocenters. The van der Waals surface area contributed by atoms with Crippen LogP contribution in [0.4, 0.5) is 0 Å². The highest BCUT2D eigenvalue weighted by Gasteiger charge is 2.15. The molecular weight excluding hydrogens is 254 g/mol. The lowest BCUT2D eigenvalue weighted by Gasteiger charge is -2.11. The van der Waals surface area contributed by atoms with E-state index in [1.165, 1.54) is 13.0 Å². The first-order chi connectivity index (χ1) is 8.36. The average Bonchev–Trinajstić information content (AvgIpc) is 2.29. The van der Waals surface area contributed by atoms with E-state index in [0.29, 0.717) is 12.4 Å². The molecule has 0 unspecified atom stereocenters. The van der Waals surface area contributed by atoms with Crippen molar-refractivity contribution < 1.29 is 18.3 Å². The number of hydrogen-bond donors (Lipinski definition) is 2. The summed E-state index contributed by atoms with van der Waals surface area (Å²) in [5.74, 6) is 0.673. The van der Waals surface area contributed by atoms with Gasteiger partial charge in [0.15, 0.2) is 0 Å². The average molecular weight is 273 g/mol. The van der Waals surface area contributed by atoms with Crippen molar-refractivity contribution >= 4 is 10.0 Å². The first-order valence-electron chi connectivity index (χ1n) is 5.78. The number of aliphatic hydroxyl groups excluding tert-OH is 1. The van der Waals surface area contributed by atoms with E-state index in [2.05, 4.69) is 4.72 Å². The molecule has 0 heterocycles. The number of benzene rings is 1. The van der Waals surface area contributed by atoms with E-state index < -0.39 is 16.1 Å². The van der Waals surface area contributed by atoms with Crippen molar-refractivity contribution in [3.05, 3.63) is 23.8 Å². The van der Waals surface area contributed by atoms with Gasteiger partial charge in [-0.2, -0.15) is 0 Å². The number of hydrogen-bond acceptors (Lipinski definition) is 4. The minimum Gasteiger partial charge on any atom is -0.494 e. The molecule has 0 spiro atoms. The number of aliphatic hydroxyl groups is 1. The summed E-state index contributed by atoms with van der Waals surface area (Å²) >= 11 is 0. The van der Waals surface area contributed by atoms with Gasteiger partial charge >= 0.3 is 0 Å². The molecule has 0 aliphatic rings. The number of nitrogens with one attached hydrogen (secondary N) is 1. The third-order valence-electron chi connectivity index (χ3n) is 2.33. The van der Waals surface area contributed by atoms with Gasteiger partial charge in [0, 0.05) is 6.54 Å². The Bertz CT molecular complexity index is 497. The molecule has 0 fully saturated rings. The summed E-state index contributed by atoms with van der Waals surface area (Å²) in [6, 6.07) is 4.67. The highest BCUT2D eigenvalue weighted by molar-refractivity contribution is 7.89. The summed E-state index contributed by atoms with van der Waals surface area (Å²) < 4.78 is 31.5. The van der Waals surface area contributed by atoms with Gasteiger partial charge in [-0.3, -0.25) is 0 Å². The lowest BCUT2D eigenvalue weighted by molar-refractivity contribution is 0.198. The predicted molar refractivity (Wildman–Crippen MR) is 69.2 cm³/mol. The van der Waals surface area contributed by atoms with E-state index in [-0.39, 0.29) is 11.4 Å². The van der Waals surface area contributed by atoms with Crippen molar-refractivity contribution in [3.63, 3.8) is 0 Å². The molecule has 18 heavy (non-hydrogen) atoms. The fraction of sp³-hybridized carbons (Fsp3) is 0.500. The second kappa shape index (κ2) is 6.17. The van der Waals surface area contributed by atoms with Crippen LogP contribution < -0.4 is 9.46 Å². The molecule has 1 rings (SSSR count). The highest BCUT2D eigenvalue weighted by atomic mass is 32.2. The van der Waals surface area contributed by atoms with E-state index >= 15 is 0 Å². The topological polar surface area (TPSA) is 75.6 Å². The first kappa shape index (κ1) is 14.9. The number of rotatable bonds is 6. The largest absolute Gasteiger partial charge is 0.494 e. The van der Waals surface area contributed by atoms with Gasteiger partial charge < -0.3 is 9.84 Å². The molecular formula is C12H19NO4S. The summed E-state index contributed by atoms with van der Waals surface area (Å²) in [5.41, 5.74) is 0.761. The highest BCUT2D eigenvalue weighted by Crippen LogP contribution is 2.21. The SMILES string of the molecule is CCOc1ccc(S(=O)(=O)NC[C@@H](C)O)cc1C. The number of sulfonamides is 1. The van der Waals surface area contributed by atoms with Crippen molar-refractivity contribution in [3.8, 4) is 5.75 Å². The van der Waals surface area contributed by atoms with Gasteiger partial charge in [0.1, 0.15) is 5.75 Å². The molecule has 0 saturated carbocycles. The third-order valence-corrected chi connectivity index (χ3v) is 3.75. The molecule has 0 aliphatic carbocycles. The smallest absolute Gasteiger partial charge is 0.240 e. The molecule has 1 aromatic carbocycles. The molecule has 0 bridgehead atoms. The van der Waals surface area contributed by atoms with Crippen LogP contribution in [0.1, 0.15) is 19.4 Å². The van der Waals surface area contributed by atoms with Crippen LogP contribution in [0.3, 0.4) is 0 Å². The van der Waals surface area contributed by atoms with Crippen molar-refractivity contribution in [1.29, 1.82) is 0 Å². The Morgan fingerprint density at radius 3 is 2.61 bits per heavy atom. The zero-order valence-electron chi connectivity index (χ0n) is 10.8. The fourth-order valence-corrected chi connectivity index (χ4v) is 2.63. The maximum atomic E-state index is 11.9. The monoisotopic (exact) mass is 273 g/mol. The summed E-state index contributed by atoms with van der Waals surface area (Å²) in [6.07, 6.45) is -0.719. The second-order valence-electron chi connectivity index (χ2n) is 4.06. The summed E-state index contributed by atoms with van der Waals surface area (Å²) in [4.78, 5) is 0.170. The fourth-order valence-electron chi connectivity index (χ4n) is 1.42. The van der Waals surface area contributed by atoms with E-state index in [0.717, 1.165) is 5.56 Å². The molecule has 0 radical (unpaired) electrons. The zero-order chi connectivity index (χ0) is 13.8. The molecule has 102 valence electrons. The van der Waals surface area contributed by atoms with Crippen LogP contribution in [0.5, 0.6) is 5.75 Å². The zero-order valence-corrected chi connectivity index (χ0v) is 11.6. The molecule has 5 nitrogen and oxygen atoms in total. The molecule has 6 heteroatoms. The maximum absolute atomic E-state index is 11.9. The standard InChI is InChI=1S/C12H19NO4S/c1-4-17-12-6-5-11(7-9(12)2)18(15,16)13-8-10(3)14/h5-7,10,13-14H,4,8H2,1-3H3/t10-/m1/s1. The third kappa shape index (κ3) is 3.97. The molecule has 0 aromatic heterocycles. The Kier molecular flexibility index (Phi) is 5.13. The van der Waals surface area contributed by atoms with E-state index in [1.807, 2.05) is 6.92 Å². The summed E-state index contributed by atoms with van der Waals surface area (Å²) in [5, 5.41) is 9.08. The van der Waals surface area contributed by atoms with Crippen molar-refractivity contribution in [2.24, 2.45) is 0 Å². The van der Waals surface area contributed by atoms with E-state index in [1.54, 1.807) is 19.1 Å². The van der Waals surface area contributed by atoms with Gasteiger partial charge in [0.25, 0.3) is 0 Å². The van der Waals surface area contributed by atoms with Crippen molar-refractivity contribution in [2.45, 2.75) is 31.8 Å². The second-order valence-corrected chi connectivity index (χ2v) is 5.83. The summed E-state index contributed by atoms with van der Waals surface area (Å²) in [6.45, 7) is 5.71. The number of aryl methyl sites for hydroxylation is 1. The number of ether oxygens (including phenoxy) is 1. The Hall–Kier alpha value is -1.11. The Morgan fingerprint density at radius 1 is 1.44 bits per heavy atom. The molecule has 0 saturated heterocycles. The van der Waals surface area contributed by atoms with Crippen LogP contribution in [0.15, 0.2) is 23.1 Å². The normalized spacial score (nSPS) is 13.3. The molecule has 0 aliphatic heterocycles. The van der Waals surface area contributed by atoms with Gasteiger partial charge in [0.05, 0.1) is 17.6 Å². The summed E-state index contributed by atoms with van der Waals surface area (Å²) in [7, 11) is -3.58. The van der Waals surface area contributed by atoms with Crippen LogP contribution >= 0.6 is 0 Å². The molecule has 2 N–H and O–H groups in total. The molecule has 1 aromatic rings. The van der Waals surface area contributed by atoms with E-state index in [9.17, 15) is 8.42 Å². The lowest BCUT2D eigenvalue weighted by atomic mass is 10.2. The minimum absolute atomic E-state index is 0.00536. The van der Waals surface area contributed by atoms with Crippen LogP contribution in [0.25, 0.3) is 0 Å². The van der Waals surface area contributed by atoms with Gasteiger partial charge in [-0.05, 0) is 44.5 Å². The van der Waals surface area contributed by atoms with Gasteiger partial charge in [0.2, 0.25) is 10.0 Å². The Labute approximate surface area is 108 Å². The van der Waals surface area contributed by atoms with Crippen LogP contribution in [-0.4, -0.2) is 32.8 Å². The maximum Gasteiger partial charge on any atom is 0.240 e. The predicted octanol–water partition coefficient (Wildman–Crippen LogP) is 1.05. The van der Waals surface area contributed by atoms with Crippen LogP contribution in [0, 0.1) is 6.92 Å². The molecule has 0 amide bonds.